The summed E-state index contributed by atoms with van der Waals surface area (Å²) >= 11 is 0. The minimum Gasteiger partial charge on any atom is -0.458 e. The van der Waals surface area contributed by atoms with Crippen LogP contribution in [0.3, 0.4) is 0 Å². The van der Waals surface area contributed by atoms with Gasteiger partial charge in [0, 0.05) is 22.0 Å². The highest BCUT2D eigenvalue weighted by Gasteiger charge is 2.41. The molecule has 1 aromatic heterocycles. The number of aromatic nitrogens is 1. The first-order chi connectivity index (χ1) is 20.8. The lowest BCUT2D eigenvalue weighted by molar-refractivity contribution is 0.487. The molecule has 218 valence electrons. The van der Waals surface area contributed by atoms with Crippen LogP contribution in [0.1, 0.15) is 69.4 Å². The fourth-order valence-electron chi connectivity index (χ4n) is 7.91. The molecule has 0 saturated carbocycles. The van der Waals surface area contributed by atoms with E-state index in [0.29, 0.717) is 0 Å². The molecule has 2 aliphatic rings. The number of aryl methyl sites for hydroxylation is 3. The van der Waals surface area contributed by atoms with E-state index in [4.69, 9.17) is 4.74 Å². The molecular weight excluding hydrogens is 533 g/mol. The average Bonchev–Trinajstić information content (AvgIpc) is 3.28. The van der Waals surface area contributed by atoms with Crippen LogP contribution in [0.2, 0.25) is 0 Å². The number of hydrogen-bond acceptors (Lipinski definition) is 1. The van der Waals surface area contributed by atoms with Crippen molar-refractivity contribution in [1.82, 2.24) is 4.57 Å². The van der Waals surface area contributed by atoms with Crippen LogP contribution in [-0.4, -0.2) is 11.3 Å². The summed E-state index contributed by atoms with van der Waals surface area (Å²) in [6, 6.07) is 30.1. The van der Waals surface area contributed by atoms with Gasteiger partial charge in [0.25, 0.3) is 6.71 Å². The Morgan fingerprint density at radius 3 is 2.05 bits per heavy atom. The molecule has 0 spiro atoms. The van der Waals surface area contributed by atoms with Crippen molar-refractivity contribution in [3.05, 3.63) is 107 Å². The van der Waals surface area contributed by atoms with Gasteiger partial charge in [-0.25, -0.2) is 0 Å². The minimum atomic E-state index is 0.00646. The van der Waals surface area contributed by atoms with E-state index >= 15 is 0 Å². The standard InChI is InChI=1S/C41H40BNO/c1-23-17-24(2)37(25(3)18-23)26-13-16-35-31(19-26)42-32-22-28(41(7,8)9)21-30-29-20-27(40(4,5)6)14-15-33(29)43(39(30)32)34-11-10-12-36(44-35)38(34)42/h10-22H,1-9H3. The van der Waals surface area contributed by atoms with Crippen LogP contribution in [0.4, 0.5) is 0 Å². The number of hydrogen-bond donors (Lipinski definition) is 0. The number of ether oxygens (including phenoxy) is 1. The second-order valence-electron chi connectivity index (χ2n) is 15.3. The molecule has 0 unspecified atom stereocenters. The molecule has 0 amide bonds. The molecule has 0 radical (unpaired) electrons. The van der Waals surface area contributed by atoms with Crippen LogP contribution in [0, 0.1) is 20.8 Å². The second kappa shape index (κ2) is 8.91. The second-order valence-corrected chi connectivity index (χ2v) is 15.3. The minimum absolute atomic E-state index is 0.00646. The number of rotatable bonds is 1. The van der Waals surface area contributed by atoms with Crippen molar-refractivity contribution >= 4 is 44.9 Å². The first-order valence-corrected chi connectivity index (χ1v) is 16.0. The summed E-state index contributed by atoms with van der Waals surface area (Å²) in [5.41, 5.74) is 17.0. The monoisotopic (exact) mass is 573 g/mol. The number of benzene rings is 5. The van der Waals surface area contributed by atoms with E-state index in [0.717, 1.165) is 11.5 Å². The zero-order chi connectivity index (χ0) is 30.9. The van der Waals surface area contributed by atoms with Crippen LogP contribution in [0.5, 0.6) is 11.5 Å². The third-order valence-corrected chi connectivity index (χ3v) is 10.0. The van der Waals surface area contributed by atoms with E-state index in [1.807, 2.05) is 0 Å². The molecule has 0 atom stereocenters. The topological polar surface area (TPSA) is 14.2 Å². The van der Waals surface area contributed by atoms with Gasteiger partial charge in [-0.05, 0) is 118 Å². The van der Waals surface area contributed by atoms with E-state index in [1.165, 1.54) is 82.8 Å². The van der Waals surface area contributed by atoms with E-state index in [1.54, 1.807) is 0 Å². The fourth-order valence-corrected chi connectivity index (χ4v) is 7.91. The van der Waals surface area contributed by atoms with Crippen molar-refractivity contribution in [1.29, 1.82) is 0 Å². The molecule has 2 nitrogen and oxygen atoms in total. The number of nitrogens with zero attached hydrogens (tertiary/aromatic N) is 1. The van der Waals surface area contributed by atoms with Crippen molar-refractivity contribution < 1.29 is 4.74 Å². The van der Waals surface area contributed by atoms with Crippen molar-refractivity contribution in [3.63, 3.8) is 0 Å². The molecule has 0 aliphatic carbocycles. The summed E-state index contributed by atoms with van der Waals surface area (Å²) in [6.45, 7) is 20.7. The molecule has 0 bridgehead atoms. The van der Waals surface area contributed by atoms with Gasteiger partial charge in [0.1, 0.15) is 11.5 Å². The van der Waals surface area contributed by atoms with Crippen molar-refractivity contribution in [2.75, 3.05) is 0 Å². The molecular formula is C41H40BNO. The molecule has 0 fully saturated rings. The van der Waals surface area contributed by atoms with Crippen LogP contribution < -0.4 is 21.1 Å². The Hall–Kier alpha value is -4.24. The predicted octanol–water partition coefficient (Wildman–Crippen LogP) is 8.91. The summed E-state index contributed by atoms with van der Waals surface area (Å²) < 4.78 is 9.26. The maximum atomic E-state index is 6.74. The third kappa shape index (κ3) is 3.81. The Morgan fingerprint density at radius 1 is 0.636 bits per heavy atom. The molecule has 0 saturated heterocycles. The van der Waals surface area contributed by atoms with Gasteiger partial charge in [-0.2, -0.15) is 0 Å². The molecule has 3 heteroatoms. The van der Waals surface area contributed by atoms with E-state index in [-0.39, 0.29) is 17.5 Å². The van der Waals surface area contributed by atoms with Gasteiger partial charge in [-0.1, -0.05) is 89.6 Å². The largest absolute Gasteiger partial charge is 0.458 e. The Balaban J connectivity index is 1.49. The molecule has 2 aliphatic heterocycles. The molecule has 0 N–H and O–H groups in total. The lowest BCUT2D eigenvalue weighted by Gasteiger charge is -2.34. The highest BCUT2D eigenvalue weighted by molar-refractivity contribution is 6.99. The van der Waals surface area contributed by atoms with Crippen molar-refractivity contribution in [2.24, 2.45) is 0 Å². The van der Waals surface area contributed by atoms with Crippen molar-refractivity contribution in [2.45, 2.75) is 73.1 Å². The van der Waals surface area contributed by atoms with Gasteiger partial charge in [0.15, 0.2) is 0 Å². The highest BCUT2D eigenvalue weighted by Crippen LogP contribution is 2.41. The maximum absolute atomic E-state index is 6.74. The SMILES string of the molecule is Cc1cc(C)c(-c2ccc3c(c2)B2c4c(cccc4-n4c5ccc(C(C)(C)C)cc5c5cc(C(C)(C)C)cc2c54)O3)c(C)c1. The molecule has 44 heavy (non-hydrogen) atoms. The highest BCUT2D eigenvalue weighted by atomic mass is 16.5. The zero-order valence-corrected chi connectivity index (χ0v) is 27.4. The summed E-state index contributed by atoms with van der Waals surface area (Å²) in [5.74, 6) is 1.92. The van der Waals surface area contributed by atoms with Crippen LogP contribution >= 0.6 is 0 Å². The fraction of sp³-hybridized carbons (Fsp3) is 0.268. The summed E-state index contributed by atoms with van der Waals surface area (Å²) in [7, 11) is 0. The zero-order valence-electron chi connectivity index (χ0n) is 27.4. The summed E-state index contributed by atoms with van der Waals surface area (Å²) in [4.78, 5) is 0. The van der Waals surface area contributed by atoms with Gasteiger partial charge < -0.3 is 9.30 Å². The quantitative estimate of drug-likeness (QED) is 0.179. The predicted molar refractivity (Wildman–Crippen MR) is 189 cm³/mol. The van der Waals surface area contributed by atoms with E-state index in [2.05, 4.69) is 146 Å². The van der Waals surface area contributed by atoms with Crippen LogP contribution in [0.25, 0.3) is 38.6 Å². The molecule has 5 aromatic carbocycles. The lowest BCUT2D eigenvalue weighted by Crippen LogP contribution is -2.58. The Labute approximate surface area is 261 Å². The van der Waals surface area contributed by atoms with Gasteiger partial charge in [-0.15, -0.1) is 0 Å². The average molecular weight is 574 g/mol. The van der Waals surface area contributed by atoms with E-state index < -0.39 is 0 Å². The normalized spacial score (nSPS) is 13.7. The maximum Gasteiger partial charge on any atom is 0.256 e. The first-order valence-electron chi connectivity index (χ1n) is 16.0. The summed E-state index contributed by atoms with van der Waals surface area (Å²) in [6.07, 6.45) is 0. The lowest BCUT2D eigenvalue weighted by atomic mass is 9.34. The Morgan fingerprint density at radius 2 is 1.34 bits per heavy atom. The third-order valence-electron chi connectivity index (χ3n) is 10.0. The van der Waals surface area contributed by atoms with Crippen molar-refractivity contribution in [3.8, 4) is 28.3 Å². The Bertz CT molecular complexity index is 2180. The van der Waals surface area contributed by atoms with Gasteiger partial charge in [0.05, 0.1) is 5.52 Å². The number of fused-ring (bicyclic) bond motifs is 7. The van der Waals surface area contributed by atoms with Crippen LogP contribution in [0.15, 0.2) is 78.9 Å². The van der Waals surface area contributed by atoms with Gasteiger partial charge in [0.2, 0.25) is 0 Å². The Kier molecular flexibility index (Phi) is 5.53. The first kappa shape index (κ1) is 27.3. The molecule has 6 aromatic rings. The van der Waals surface area contributed by atoms with Crippen LogP contribution in [-0.2, 0) is 10.8 Å². The van der Waals surface area contributed by atoms with Gasteiger partial charge >= 0.3 is 0 Å². The van der Waals surface area contributed by atoms with Gasteiger partial charge in [-0.3, -0.25) is 0 Å². The molecule has 3 heterocycles. The molecule has 8 rings (SSSR count). The summed E-state index contributed by atoms with van der Waals surface area (Å²) in [5, 5.41) is 2.68. The smallest absolute Gasteiger partial charge is 0.256 e. The van der Waals surface area contributed by atoms with E-state index in [9.17, 15) is 0 Å².